The van der Waals surface area contributed by atoms with E-state index in [1.807, 2.05) is 0 Å². The quantitative estimate of drug-likeness (QED) is 0.788. The zero-order valence-corrected chi connectivity index (χ0v) is 13.5. The number of amides is 2. The van der Waals surface area contributed by atoms with E-state index < -0.39 is 34.9 Å². The van der Waals surface area contributed by atoms with E-state index >= 15 is 0 Å². The molecule has 2 heterocycles. The Balaban J connectivity index is 1.90. The highest BCUT2D eigenvalue weighted by atomic mass is 19.1. The van der Waals surface area contributed by atoms with Crippen LogP contribution in [0.25, 0.3) is 0 Å². The third kappa shape index (κ3) is 2.84. The predicted octanol–water partition coefficient (Wildman–Crippen LogP) is -0.0329. The fourth-order valence-electron chi connectivity index (χ4n) is 2.66. The number of aromatic nitrogens is 2. The minimum Gasteiger partial charge on any atom is -0.359 e. The molecule has 1 aromatic heterocycles. The summed E-state index contributed by atoms with van der Waals surface area (Å²) >= 11 is 0. The molecule has 0 aliphatic carbocycles. The van der Waals surface area contributed by atoms with Gasteiger partial charge in [0.25, 0.3) is 11.5 Å². The lowest BCUT2D eigenvalue weighted by molar-refractivity contribution is -0.121. The first-order valence-electron chi connectivity index (χ1n) is 7.45. The van der Waals surface area contributed by atoms with Crippen molar-refractivity contribution in [3.63, 3.8) is 0 Å². The van der Waals surface area contributed by atoms with Crippen LogP contribution in [0, 0.1) is 5.82 Å². The fraction of sp³-hybridized carbons (Fsp3) is 0.250. The maximum absolute atomic E-state index is 13.0. The van der Waals surface area contributed by atoms with Gasteiger partial charge >= 0.3 is 5.69 Å². The summed E-state index contributed by atoms with van der Waals surface area (Å²) in [5.41, 5.74) is -0.821. The number of halogens is 1. The van der Waals surface area contributed by atoms with Gasteiger partial charge in [0.2, 0.25) is 5.91 Å². The van der Waals surface area contributed by atoms with E-state index in [2.05, 4.69) is 5.32 Å². The van der Waals surface area contributed by atoms with E-state index in [4.69, 9.17) is 0 Å². The first-order valence-corrected chi connectivity index (χ1v) is 7.45. The second-order valence-electron chi connectivity index (χ2n) is 5.71. The van der Waals surface area contributed by atoms with Gasteiger partial charge in [-0.3, -0.25) is 23.5 Å². The van der Waals surface area contributed by atoms with Crippen molar-refractivity contribution in [1.82, 2.24) is 9.13 Å². The lowest BCUT2D eigenvalue weighted by atomic mass is 10.2. The van der Waals surface area contributed by atoms with Gasteiger partial charge in [-0.25, -0.2) is 14.1 Å². The van der Waals surface area contributed by atoms with Crippen molar-refractivity contribution in [3.05, 3.63) is 57.0 Å². The van der Waals surface area contributed by atoms with Gasteiger partial charge in [0.1, 0.15) is 17.7 Å². The summed E-state index contributed by atoms with van der Waals surface area (Å²) < 4.78 is 15.1. The molecule has 2 aromatic rings. The van der Waals surface area contributed by atoms with Crippen LogP contribution in [0.5, 0.6) is 0 Å². The van der Waals surface area contributed by atoms with Crippen LogP contribution >= 0.6 is 0 Å². The zero-order chi connectivity index (χ0) is 18.3. The Kier molecular flexibility index (Phi) is 3.99. The van der Waals surface area contributed by atoms with Crippen LogP contribution in [0.1, 0.15) is 6.42 Å². The van der Waals surface area contributed by atoms with E-state index in [0.29, 0.717) is 0 Å². The number of benzene rings is 1. The van der Waals surface area contributed by atoms with Crippen molar-refractivity contribution in [1.29, 1.82) is 0 Å². The molecule has 3 rings (SSSR count). The zero-order valence-electron chi connectivity index (χ0n) is 13.5. The molecule has 1 fully saturated rings. The Hall–Kier alpha value is -3.23. The standard InChI is InChI=1S/C16H15FN4O4/c1-19-12(8-13(22)20(2)16(19)25)18-11-7-14(23)21(15(11)24)10-5-3-9(17)4-6-10/h3-6,8,11,18H,7H2,1-2H3. The summed E-state index contributed by atoms with van der Waals surface area (Å²) in [6, 6.07) is 5.24. The molecule has 1 unspecified atom stereocenters. The van der Waals surface area contributed by atoms with Crippen molar-refractivity contribution in [3.8, 4) is 0 Å². The van der Waals surface area contributed by atoms with Gasteiger partial charge < -0.3 is 5.32 Å². The van der Waals surface area contributed by atoms with Crippen LogP contribution < -0.4 is 21.5 Å². The smallest absolute Gasteiger partial charge is 0.332 e. The van der Waals surface area contributed by atoms with Gasteiger partial charge in [-0.2, -0.15) is 0 Å². The maximum Gasteiger partial charge on any atom is 0.332 e. The molecule has 1 saturated heterocycles. The molecule has 1 N–H and O–H groups in total. The largest absolute Gasteiger partial charge is 0.359 e. The molecule has 1 atom stereocenters. The Labute approximate surface area is 141 Å². The number of carbonyl (C=O) groups is 2. The number of anilines is 2. The van der Waals surface area contributed by atoms with Gasteiger partial charge in [0.05, 0.1) is 12.1 Å². The fourth-order valence-corrected chi connectivity index (χ4v) is 2.66. The Morgan fingerprint density at radius 2 is 1.68 bits per heavy atom. The summed E-state index contributed by atoms with van der Waals surface area (Å²) in [5, 5.41) is 2.77. The minimum absolute atomic E-state index is 0.139. The average Bonchev–Trinajstić information content (AvgIpc) is 2.85. The summed E-state index contributed by atoms with van der Waals surface area (Å²) in [6.45, 7) is 0. The molecular formula is C16H15FN4O4. The monoisotopic (exact) mass is 346 g/mol. The van der Waals surface area contributed by atoms with Crippen LogP contribution in [-0.4, -0.2) is 27.0 Å². The van der Waals surface area contributed by atoms with Gasteiger partial charge in [-0.1, -0.05) is 0 Å². The highest BCUT2D eigenvalue weighted by Crippen LogP contribution is 2.24. The molecule has 0 saturated carbocycles. The molecule has 1 aliphatic heterocycles. The molecule has 130 valence electrons. The molecule has 25 heavy (non-hydrogen) atoms. The molecule has 0 spiro atoms. The van der Waals surface area contributed by atoms with Crippen molar-refractivity contribution in [2.45, 2.75) is 12.5 Å². The second kappa shape index (κ2) is 6.00. The number of imide groups is 1. The molecule has 2 amide bonds. The SMILES string of the molecule is Cn1c(NC2CC(=O)N(c3ccc(F)cc3)C2=O)cc(=O)n(C)c1=O. The van der Waals surface area contributed by atoms with Crippen LogP contribution in [0.3, 0.4) is 0 Å². The van der Waals surface area contributed by atoms with E-state index in [1.165, 1.54) is 36.9 Å². The van der Waals surface area contributed by atoms with E-state index in [1.54, 1.807) is 0 Å². The number of rotatable bonds is 3. The van der Waals surface area contributed by atoms with Crippen molar-refractivity contribution in [2.75, 3.05) is 10.2 Å². The van der Waals surface area contributed by atoms with Crippen LogP contribution in [-0.2, 0) is 23.7 Å². The van der Waals surface area contributed by atoms with E-state index in [0.717, 1.165) is 21.6 Å². The van der Waals surface area contributed by atoms with Gasteiger partial charge in [0.15, 0.2) is 0 Å². The number of hydrogen-bond acceptors (Lipinski definition) is 5. The van der Waals surface area contributed by atoms with Gasteiger partial charge in [-0.05, 0) is 24.3 Å². The molecule has 8 nitrogen and oxygen atoms in total. The van der Waals surface area contributed by atoms with Crippen LogP contribution in [0.15, 0.2) is 39.9 Å². The van der Waals surface area contributed by atoms with Crippen molar-refractivity contribution in [2.24, 2.45) is 14.1 Å². The third-order valence-electron chi connectivity index (χ3n) is 4.08. The number of nitrogens with one attached hydrogen (secondary N) is 1. The summed E-state index contributed by atoms with van der Waals surface area (Å²) in [7, 11) is 2.79. The maximum atomic E-state index is 13.0. The molecule has 1 aliphatic rings. The molecular weight excluding hydrogens is 331 g/mol. The van der Waals surface area contributed by atoms with Gasteiger partial charge in [0, 0.05) is 20.2 Å². The number of nitrogens with zero attached hydrogens (tertiary/aromatic N) is 3. The van der Waals surface area contributed by atoms with E-state index in [9.17, 15) is 23.6 Å². The topological polar surface area (TPSA) is 93.4 Å². The summed E-state index contributed by atoms with van der Waals surface area (Å²) in [5.74, 6) is -1.33. The molecule has 0 bridgehead atoms. The van der Waals surface area contributed by atoms with Crippen molar-refractivity contribution < 1.29 is 14.0 Å². The minimum atomic E-state index is -0.921. The highest BCUT2D eigenvalue weighted by molar-refractivity contribution is 6.23. The lowest BCUT2D eigenvalue weighted by Gasteiger charge is -2.17. The second-order valence-corrected chi connectivity index (χ2v) is 5.71. The van der Waals surface area contributed by atoms with Crippen LogP contribution in [0.2, 0.25) is 0 Å². The molecule has 9 heteroatoms. The summed E-state index contributed by atoms with van der Waals surface area (Å²) in [4.78, 5) is 49.4. The van der Waals surface area contributed by atoms with Crippen molar-refractivity contribution >= 4 is 23.3 Å². The Morgan fingerprint density at radius 3 is 2.32 bits per heavy atom. The molecule has 0 radical (unpaired) electrons. The van der Waals surface area contributed by atoms with Gasteiger partial charge in [-0.15, -0.1) is 0 Å². The normalized spacial score (nSPS) is 17.2. The first kappa shape index (κ1) is 16.6. The lowest BCUT2D eigenvalue weighted by Crippen LogP contribution is -2.40. The van der Waals surface area contributed by atoms with E-state index in [-0.39, 0.29) is 17.9 Å². The number of hydrogen-bond donors (Lipinski definition) is 1. The first-order chi connectivity index (χ1) is 11.8. The third-order valence-corrected chi connectivity index (χ3v) is 4.08. The highest BCUT2D eigenvalue weighted by Gasteiger charge is 2.39. The average molecular weight is 346 g/mol. The Morgan fingerprint density at radius 1 is 1.04 bits per heavy atom. The van der Waals surface area contributed by atoms with Crippen LogP contribution in [0.4, 0.5) is 15.9 Å². The molecule has 1 aromatic carbocycles. The number of carbonyl (C=O) groups excluding carboxylic acids is 2. The Bertz CT molecular complexity index is 977. The predicted molar refractivity (Wildman–Crippen MR) is 87.8 cm³/mol. The summed E-state index contributed by atoms with van der Waals surface area (Å²) in [6.07, 6.45) is -0.139.